The molecule has 0 unspecified atom stereocenters. The van der Waals surface area contributed by atoms with Crippen LogP contribution in [-0.4, -0.2) is 15.8 Å². The number of nitro groups is 1. The molecule has 0 aromatic carbocycles. The number of carbonyl (C=O) groups excluding carboxylic acids is 1. The molecule has 0 aliphatic carbocycles. The largest absolute Gasteiger partial charge is 0.366 e. The van der Waals surface area contributed by atoms with Crippen LogP contribution in [-0.2, 0) is 4.79 Å². The first-order chi connectivity index (χ1) is 9.51. The summed E-state index contributed by atoms with van der Waals surface area (Å²) in [6, 6.07) is 1.24. The smallest absolute Gasteiger partial charge is 0.281 e. The first-order valence-corrected chi connectivity index (χ1v) is 5.63. The van der Waals surface area contributed by atoms with Gasteiger partial charge in [-0.3, -0.25) is 19.7 Å². The Morgan fingerprint density at radius 1 is 1.55 bits per heavy atom. The average Bonchev–Trinajstić information content (AvgIpc) is 2.41. The number of allylic oxidation sites excluding steroid dienone is 3. The number of hydrogen-bond acceptors (Lipinski definition) is 4. The monoisotopic (exact) mass is 275 g/mol. The highest BCUT2D eigenvalue weighted by molar-refractivity contribution is 6.06. The van der Waals surface area contributed by atoms with E-state index in [4.69, 9.17) is 0 Å². The SMILES string of the molecule is C=C/C=C(\C(=C/C)C(=O)Nc1c[nH]ccc1=O)[N+](=O)[O-]. The first-order valence-electron chi connectivity index (χ1n) is 5.63. The standard InChI is InChI=1S/C13H13N3O4/c1-3-5-11(16(19)20)9(4-2)13(18)15-10-8-14-7-6-12(10)17/h3-8H,1H2,2H3,(H,14,17)(H,15,18)/b9-4+,11-5+. The van der Waals surface area contributed by atoms with E-state index in [1.807, 2.05) is 0 Å². The van der Waals surface area contributed by atoms with Gasteiger partial charge in [-0.15, -0.1) is 0 Å². The number of H-pyrrole nitrogens is 1. The highest BCUT2D eigenvalue weighted by Crippen LogP contribution is 2.13. The van der Waals surface area contributed by atoms with Crippen LogP contribution in [0, 0.1) is 10.1 Å². The molecule has 1 heterocycles. The number of nitrogens with one attached hydrogen (secondary N) is 2. The van der Waals surface area contributed by atoms with E-state index < -0.39 is 22.0 Å². The fraction of sp³-hybridized carbons (Fsp3) is 0.0769. The zero-order valence-electron chi connectivity index (χ0n) is 10.8. The highest BCUT2D eigenvalue weighted by atomic mass is 16.6. The fourth-order valence-corrected chi connectivity index (χ4v) is 1.46. The number of nitrogens with zero attached hydrogens (tertiary/aromatic N) is 1. The maximum Gasteiger partial charge on any atom is 0.281 e. The Balaban J connectivity index is 3.09. The molecule has 0 aliphatic rings. The van der Waals surface area contributed by atoms with Crippen molar-refractivity contribution in [2.24, 2.45) is 0 Å². The van der Waals surface area contributed by atoms with Crippen molar-refractivity contribution in [1.82, 2.24) is 4.98 Å². The summed E-state index contributed by atoms with van der Waals surface area (Å²) in [7, 11) is 0. The van der Waals surface area contributed by atoms with Crippen molar-refractivity contribution in [2.45, 2.75) is 6.92 Å². The van der Waals surface area contributed by atoms with Crippen LogP contribution >= 0.6 is 0 Å². The Hall–Kier alpha value is -2.96. The summed E-state index contributed by atoms with van der Waals surface area (Å²) in [4.78, 5) is 36.3. The number of hydrogen-bond donors (Lipinski definition) is 2. The number of amides is 1. The molecule has 1 amide bonds. The van der Waals surface area contributed by atoms with Crippen LogP contribution in [0.4, 0.5) is 5.69 Å². The van der Waals surface area contributed by atoms with Crippen LogP contribution in [0.3, 0.4) is 0 Å². The zero-order valence-corrected chi connectivity index (χ0v) is 10.8. The van der Waals surface area contributed by atoms with Crippen LogP contribution in [0.2, 0.25) is 0 Å². The van der Waals surface area contributed by atoms with Crippen molar-refractivity contribution >= 4 is 11.6 Å². The molecule has 0 radical (unpaired) electrons. The van der Waals surface area contributed by atoms with Crippen molar-refractivity contribution in [3.05, 3.63) is 74.9 Å². The predicted octanol–water partition coefficient (Wildman–Crippen LogP) is 1.61. The second-order valence-corrected chi connectivity index (χ2v) is 3.62. The molecule has 0 fully saturated rings. The van der Waals surface area contributed by atoms with E-state index in [1.54, 1.807) is 0 Å². The molecule has 1 aromatic heterocycles. The second-order valence-electron chi connectivity index (χ2n) is 3.62. The molecule has 2 N–H and O–H groups in total. The minimum atomic E-state index is -0.742. The number of carbonyl (C=O) groups is 1. The van der Waals surface area contributed by atoms with E-state index in [0.717, 1.165) is 6.08 Å². The molecule has 104 valence electrons. The summed E-state index contributed by atoms with van der Waals surface area (Å²) in [5.74, 6) is -0.742. The molecular formula is C13H13N3O4. The predicted molar refractivity (Wildman–Crippen MR) is 74.7 cm³/mol. The minimum absolute atomic E-state index is 0.0122. The summed E-state index contributed by atoms with van der Waals surface area (Å²) in [6.45, 7) is 4.85. The molecule has 1 aromatic rings. The van der Waals surface area contributed by atoms with Crippen molar-refractivity contribution in [3.63, 3.8) is 0 Å². The van der Waals surface area contributed by atoms with Gasteiger partial charge in [-0.25, -0.2) is 0 Å². The maximum absolute atomic E-state index is 12.0. The fourth-order valence-electron chi connectivity index (χ4n) is 1.46. The Morgan fingerprint density at radius 3 is 2.75 bits per heavy atom. The average molecular weight is 275 g/mol. The summed E-state index contributed by atoms with van der Waals surface area (Å²) >= 11 is 0. The van der Waals surface area contributed by atoms with Gasteiger partial charge in [-0.2, -0.15) is 0 Å². The lowest BCUT2D eigenvalue weighted by Gasteiger charge is -2.06. The van der Waals surface area contributed by atoms with Crippen molar-refractivity contribution in [2.75, 3.05) is 5.32 Å². The van der Waals surface area contributed by atoms with Gasteiger partial charge in [0.25, 0.3) is 11.6 Å². The molecule has 0 spiro atoms. The Morgan fingerprint density at radius 2 is 2.25 bits per heavy atom. The Labute approximate surface area is 114 Å². The lowest BCUT2D eigenvalue weighted by Crippen LogP contribution is -2.22. The van der Waals surface area contributed by atoms with Gasteiger partial charge in [0.05, 0.1) is 4.92 Å². The summed E-state index contributed by atoms with van der Waals surface area (Å²) in [5.41, 5.74) is -0.938. The van der Waals surface area contributed by atoms with Gasteiger partial charge < -0.3 is 10.3 Å². The Kier molecular flexibility index (Phi) is 5.16. The van der Waals surface area contributed by atoms with E-state index in [2.05, 4.69) is 16.9 Å². The molecule has 1 rings (SSSR count). The molecule has 7 heteroatoms. The van der Waals surface area contributed by atoms with Gasteiger partial charge in [0, 0.05) is 24.5 Å². The van der Waals surface area contributed by atoms with Gasteiger partial charge in [-0.1, -0.05) is 18.7 Å². The minimum Gasteiger partial charge on any atom is -0.366 e. The summed E-state index contributed by atoms with van der Waals surface area (Å²) < 4.78 is 0. The molecule has 0 aliphatic heterocycles. The third kappa shape index (κ3) is 3.52. The van der Waals surface area contributed by atoms with Gasteiger partial charge >= 0.3 is 0 Å². The van der Waals surface area contributed by atoms with Crippen LogP contribution in [0.25, 0.3) is 0 Å². The van der Waals surface area contributed by atoms with Gasteiger partial charge in [-0.05, 0) is 6.92 Å². The summed E-state index contributed by atoms with van der Waals surface area (Å²) in [5, 5.41) is 13.2. The zero-order chi connectivity index (χ0) is 15.1. The third-order valence-corrected chi connectivity index (χ3v) is 2.35. The first kappa shape index (κ1) is 15.1. The van der Waals surface area contributed by atoms with Crippen LogP contribution < -0.4 is 10.7 Å². The lowest BCUT2D eigenvalue weighted by molar-refractivity contribution is -0.420. The summed E-state index contributed by atoms with van der Waals surface area (Å²) in [6.07, 6.45) is 6.34. The Bertz CT molecular complexity index is 656. The van der Waals surface area contributed by atoms with E-state index in [9.17, 15) is 19.7 Å². The van der Waals surface area contributed by atoms with Gasteiger partial charge in [0.15, 0.2) is 0 Å². The maximum atomic E-state index is 12.0. The van der Waals surface area contributed by atoms with E-state index in [-0.39, 0.29) is 11.3 Å². The van der Waals surface area contributed by atoms with Gasteiger partial charge in [0.1, 0.15) is 11.3 Å². The van der Waals surface area contributed by atoms with Gasteiger partial charge in [0.2, 0.25) is 5.43 Å². The molecule has 20 heavy (non-hydrogen) atoms. The third-order valence-electron chi connectivity index (χ3n) is 2.35. The lowest BCUT2D eigenvalue weighted by atomic mass is 10.1. The van der Waals surface area contributed by atoms with Crippen LogP contribution in [0.5, 0.6) is 0 Å². The molecular weight excluding hydrogens is 262 g/mol. The van der Waals surface area contributed by atoms with E-state index >= 15 is 0 Å². The van der Waals surface area contributed by atoms with Crippen molar-refractivity contribution < 1.29 is 9.72 Å². The molecule has 0 bridgehead atoms. The van der Waals surface area contributed by atoms with Crippen molar-refractivity contribution in [3.8, 4) is 0 Å². The quantitative estimate of drug-likeness (QED) is 0.368. The molecule has 7 nitrogen and oxygen atoms in total. The van der Waals surface area contributed by atoms with Crippen LogP contribution in [0.15, 0.2) is 59.3 Å². The number of rotatable bonds is 5. The second kappa shape index (κ2) is 6.83. The molecule has 0 saturated carbocycles. The van der Waals surface area contributed by atoms with E-state index in [1.165, 1.54) is 37.5 Å². The number of anilines is 1. The van der Waals surface area contributed by atoms with Crippen molar-refractivity contribution in [1.29, 1.82) is 0 Å². The highest BCUT2D eigenvalue weighted by Gasteiger charge is 2.23. The van der Waals surface area contributed by atoms with Crippen LogP contribution in [0.1, 0.15) is 6.92 Å². The number of aromatic nitrogens is 1. The topological polar surface area (TPSA) is 105 Å². The number of aromatic amines is 1. The molecule has 0 atom stereocenters. The van der Waals surface area contributed by atoms with E-state index in [0.29, 0.717) is 0 Å². The number of pyridine rings is 1. The normalized spacial score (nSPS) is 11.8. The molecule has 0 saturated heterocycles.